The first-order valence-electron chi connectivity index (χ1n) is 9.60. The fourth-order valence-corrected chi connectivity index (χ4v) is 4.40. The third kappa shape index (κ3) is 3.94. The summed E-state index contributed by atoms with van der Waals surface area (Å²) in [4.78, 5) is 21.4. The lowest BCUT2D eigenvalue weighted by molar-refractivity contribution is 0.0950. The number of rotatable bonds is 6. The van der Waals surface area contributed by atoms with Gasteiger partial charge in [-0.1, -0.05) is 6.07 Å². The maximum atomic E-state index is 12.7. The van der Waals surface area contributed by atoms with Crippen molar-refractivity contribution in [3.63, 3.8) is 0 Å². The Balaban J connectivity index is 1.38. The highest BCUT2D eigenvalue weighted by atomic mass is 32.1. The van der Waals surface area contributed by atoms with E-state index in [1.807, 2.05) is 42.0 Å². The summed E-state index contributed by atoms with van der Waals surface area (Å²) < 4.78 is 7.90. The molecule has 0 bridgehead atoms. The van der Waals surface area contributed by atoms with Gasteiger partial charge in [0.05, 0.1) is 5.56 Å². The number of carbonyl (C=O) groups is 1. The Labute approximate surface area is 168 Å². The summed E-state index contributed by atoms with van der Waals surface area (Å²) in [5.74, 6) is 0.566. The first-order valence-corrected chi connectivity index (χ1v) is 10.5. The molecule has 3 heterocycles. The lowest BCUT2D eigenvalue weighted by Gasteiger charge is -2.12. The van der Waals surface area contributed by atoms with Crippen LogP contribution in [0, 0.1) is 13.8 Å². The van der Waals surface area contributed by atoms with Crippen molar-refractivity contribution < 1.29 is 9.53 Å². The highest BCUT2D eigenvalue weighted by Gasteiger charge is 2.18. The topological polar surface area (TPSA) is 69.0 Å². The number of carbonyl (C=O) groups excluding carboxylic acids is 1. The summed E-state index contributed by atoms with van der Waals surface area (Å²) >= 11 is 1.55. The molecule has 6 nitrogen and oxygen atoms in total. The molecule has 1 fully saturated rings. The van der Waals surface area contributed by atoms with E-state index in [0.717, 1.165) is 34.9 Å². The smallest absolute Gasteiger partial charge is 0.253 e. The van der Waals surface area contributed by atoms with Gasteiger partial charge in [0, 0.05) is 41.8 Å². The average Bonchev–Trinajstić information content (AvgIpc) is 3.43. The molecular formula is C21H24N4O2S. The molecule has 1 aliphatic rings. The van der Waals surface area contributed by atoms with E-state index in [2.05, 4.69) is 15.3 Å². The van der Waals surface area contributed by atoms with Crippen molar-refractivity contribution >= 4 is 17.2 Å². The van der Waals surface area contributed by atoms with E-state index in [1.165, 1.54) is 12.8 Å². The largest absolute Gasteiger partial charge is 0.474 e. The van der Waals surface area contributed by atoms with Gasteiger partial charge in [0.15, 0.2) is 5.13 Å². The van der Waals surface area contributed by atoms with Crippen LogP contribution in [0.15, 0.2) is 36.0 Å². The number of hydrogen-bond donors (Lipinski definition) is 1. The Bertz CT molecular complexity index is 942. The van der Waals surface area contributed by atoms with Crippen LogP contribution < -0.4 is 10.1 Å². The third-order valence-electron chi connectivity index (χ3n) is 5.13. The molecule has 0 radical (unpaired) electrons. The van der Waals surface area contributed by atoms with Gasteiger partial charge >= 0.3 is 0 Å². The van der Waals surface area contributed by atoms with Gasteiger partial charge < -0.3 is 10.1 Å². The zero-order valence-electron chi connectivity index (χ0n) is 16.1. The van der Waals surface area contributed by atoms with E-state index < -0.39 is 0 Å². The Hall–Kier alpha value is -2.67. The predicted molar refractivity (Wildman–Crippen MR) is 109 cm³/mol. The van der Waals surface area contributed by atoms with Gasteiger partial charge in [-0.25, -0.2) is 9.97 Å². The van der Waals surface area contributed by atoms with Gasteiger partial charge in [-0.15, -0.1) is 11.3 Å². The van der Waals surface area contributed by atoms with Gasteiger partial charge in [0.2, 0.25) is 5.88 Å². The van der Waals surface area contributed by atoms with Crippen LogP contribution in [0.3, 0.4) is 0 Å². The molecule has 0 saturated heterocycles. The molecule has 0 aromatic carbocycles. The quantitative estimate of drug-likeness (QED) is 0.678. The molecule has 3 aromatic heterocycles. The molecular weight excluding hydrogens is 372 g/mol. The first-order chi connectivity index (χ1) is 13.6. The van der Waals surface area contributed by atoms with Crippen LogP contribution in [0.2, 0.25) is 0 Å². The monoisotopic (exact) mass is 396 g/mol. The minimum atomic E-state index is -0.0952. The summed E-state index contributed by atoms with van der Waals surface area (Å²) in [5.41, 5.74) is 3.50. The Morgan fingerprint density at radius 3 is 2.79 bits per heavy atom. The minimum absolute atomic E-state index is 0.0952. The zero-order valence-corrected chi connectivity index (χ0v) is 17.0. The summed E-state index contributed by atoms with van der Waals surface area (Å²) in [6.07, 6.45) is 8.52. The molecule has 4 rings (SSSR count). The molecule has 146 valence electrons. The predicted octanol–water partition coefficient (Wildman–Crippen LogP) is 4.20. The van der Waals surface area contributed by atoms with E-state index in [4.69, 9.17) is 4.74 Å². The number of aromatic nitrogens is 3. The van der Waals surface area contributed by atoms with Gasteiger partial charge in [-0.2, -0.15) is 0 Å². The second-order valence-corrected chi connectivity index (χ2v) is 8.02. The van der Waals surface area contributed by atoms with Gasteiger partial charge in [-0.3, -0.25) is 9.36 Å². The fraction of sp³-hybridized carbons (Fsp3) is 0.381. The molecule has 1 N–H and O–H groups in total. The van der Waals surface area contributed by atoms with E-state index in [9.17, 15) is 4.79 Å². The van der Waals surface area contributed by atoms with E-state index in [0.29, 0.717) is 24.1 Å². The Morgan fingerprint density at radius 2 is 2.11 bits per heavy atom. The second kappa shape index (κ2) is 8.14. The third-order valence-corrected chi connectivity index (χ3v) is 5.88. The van der Waals surface area contributed by atoms with Crippen LogP contribution in [-0.2, 0) is 6.54 Å². The maximum Gasteiger partial charge on any atom is 0.253 e. The highest BCUT2D eigenvalue weighted by Crippen LogP contribution is 2.24. The van der Waals surface area contributed by atoms with Gasteiger partial charge in [0.1, 0.15) is 6.10 Å². The standard InChI is InChI=1S/C21H24N4O2S/c1-14-11-18(15(2)25(14)21-22-9-10-28-21)20(26)24-13-16-7-8-19(23-12-16)27-17-5-3-4-6-17/h7-12,17H,3-6,13H2,1-2H3,(H,24,26). The van der Waals surface area contributed by atoms with Crippen molar-refractivity contribution in [2.75, 3.05) is 0 Å². The van der Waals surface area contributed by atoms with Crippen LogP contribution in [0.5, 0.6) is 5.88 Å². The summed E-state index contributed by atoms with van der Waals surface area (Å²) in [6.45, 7) is 4.36. The van der Waals surface area contributed by atoms with Crippen LogP contribution in [0.1, 0.15) is 53.0 Å². The fourth-order valence-electron chi connectivity index (χ4n) is 3.65. The van der Waals surface area contributed by atoms with Crippen LogP contribution >= 0.6 is 11.3 Å². The molecule has 1 aliphatic carbocycles. The highest BCUT2D eigenvalue weighted by molar-refractivity contribution is 7.12. The first kappa shape index (κ1) is 18.7. The summed E-state index contributed by atoms with van der Waals surface area (Å²) in [6, 6.07) is 5.74. The summed E-state index contributed by atoms with van der Waals surface area (Å²) in [7, 11) is 0. The maximum absolute atomic E-state index is 12.7. The van der Waals surface area contributed by atoms with Crippen LogP contribution in [0.25, 0.3) is 5.13 Å². The van der Waals surface area contributed by atoms with E-state index in [-0.39, 0.29) is 5.91 Å². The zero-order chi connectivity index (χ0) is 19.5. The Kier molecular flexibility index (Phi) is 5.43. The molecule has 3 aromatic rings. The number of hydrogen-bond acceptors (Lipinski definition) is 5. The van der Waals surface area contributed by atoms with Gasteiger partial charge in [0.25, 0.3) is 5.91 Å². The molecule has 0 atom stereocenters. The number of nitrogens with zero attached hydrogens (tertiary/aromatic N) is 3. The second-order valence-electron chi connectivity index (χ2n) is 7.15. The molecule has 0 unspecified atom stereocenters. The van der Waals surface area contributed by atoms with Crippen molar-refractivity contribution in [1.29, 1.82) is 0 Å². The number of pyridine rings is 1. The van der Waals surface area contributed by atoms with Crippen molar-refractivity contribution in [3.05, 3.63) is 58.5 Å². The van der Waals surface area contributed by atoms with E-state index in [1.54, 1.807) is 23.7 Å². The lowest BCUT2D eigenvalue weighted by atomic mass is 10.2. The van der Waals surface area contributed by atoms with Crippen molar-refractivity contribution in [2.45, 2.75) is 52.2 Å². The van der Waals surface area contributed by atoms with Crippen LogP contribution in [0.4, 0.5) is 0 Å². The van der Waals surface area contributed by atoms with E-state index >= 15 is 0 Å². The molecule has 28 heavy (non-hydrogen) atoms. The van der Waals surface area contributed by atoms with Crippen molar-refractivity contribution in [3.8, 4) is 11.0 Å². The van der Waals surface area contributed by atoms with Crippen LogP contribution in [-0.4, -0.2) is 26.5 Å². The number of ether oxygens (including phenoxy) is 1. The molecule has 0 spiro atoms. The van der Waals surface area contributed by atoms with Gasteiger partial charge in [-0.05, 0) is 51.2 Å². The molecule has 1 amide bonds. The molecule has 7 heteroatoms. The summed E-state index contributed by atoms with van der Waals surface area (Å²) in [5, 5.41) is 5.79. The average molecular weight is 397 g/mol. The normalized spacial score (nSPS) is 14.4. The number of thiazole rings is 1. The van der Waals surface area contributed by atoms with Crippen molar-refractivity contribution in [2.24, 2.45) is 0 Å². The minimum Gasteiger partial charge on any atom is -0.474 e. The lowest BCUT2D eigenvalue weighted by Crippen LogP contribution is -2.23. The Morgan fingerprint density at radius 1 is 1.29 bits per heavy atom. The molecule has 1 saturated carbocycles. The number of nitrogens with one attached hydrogen (secondary N) is 1. The van der Waals surface area contributed by atoms with Crippen molar-refractivity contribution in [1.82, 2.24) is 19.9 Å². The number of aryl methyl sites for hydroxylation is 1. The SMILES string of the molecule is Cc1cc(C(=O)NCc2ccc(OC3CCCC3)nc2)c(C)n1-c1nccs1. The number of amides is 1. The molecule has 0 aliphatic heterocycles.